The minimum Gasteiger partial charge on any atom is -0.375 e. The van der Waals surface area contributed by atoms with Crippen molar-refractivity contribution in [1.29, 1.82) is 0 Å². The lowest BCUT2D eigenvalue weighted by Crippen LogP contribution is -2.47. The third-order valence-corrected chi connectivity index (χ3v) is 10.7. The number of aromatic nitrogens is 3. The fourth-order valence-electron chi connectivity index (χ4n) is 7.77. The van der Waals surface area contributed by atoms with Crippen LogP contribution in [-0.4, -0.2) is 71.7 Å². The Morgan fingerprint density at radius 3 is 2.50 bits per heavy atom. The Hall–Kier alpha value is -3.86. The summed E-state index contributed by atoms with van der Waals surface area (Å²) in [5.74, 6) is -0.254. The molecule has 2 N–H and O–H groups in total. The topological polar surface area (TPSA) is 87.5 Å². The number of hydrogen-bond donors (Lipinski definition) is 2. The summed E-state index contributed by atoms with van der Waals surface area (Å²) in [4.78, 5) is 25.5. The van der Waals surface area contributed by atoms with Crippen molar-refractivity contribution in [3.63, 3.8) is 0 Å². The summed E-state index contributed by atoms with van der Waals surface area (Å²) in [6, 6.07) is 13.2. The highest BCUT2D eigenvalue weighted by atomic mass is 19.1. The van der Waals surface area contributed by atoms with Crippen LogP contribution in [0.2, 0.25) is 0 Å². The number of rotatable bonds is 17. The van der Waals surface area contributed by atoms with Gasteiger partial charge in [0.1, 0.15) is 5.82 Å². The number of nitrogens with one attached hydrogen (secondary N) is 2. The Morgan fingerprint density at radius 2 is 1.81 bits per heavy atom. The first-order valence-electron chi connectivity index (χ1n) is 19.4. The SMILES string of the molecule is CCn1c(-c2cc(N3CCN(C4CC4)CC3)cnc2C(C)OC)c(CC(C)(C)C)c2cc(-c3ccc(F)c(CCCCCCNNC=O)n3)ccc21. The van der Waals surface area contributed by atoms with E-state index in [9.17, 15) is 4.79 Å². The summed E-state index contributed by atoms with van der Waals surface area (Å²) < 4.78 is 23.4. The van der Waals surface area contributed by atoms with Gasteiger partial charge in [-0.3, -0.25) is 20.1 Å². The molecule has 0 spiro atoms. The standard InChI is InChI=1S/C42H58FN7O2/c1-7-50-39-18-13-30(37-17-16-36(43)38(47-37)12-10-8-9-11-19-45-46-28-51)24-33(39)35(26-42(3,4)5)41(50)34-25-32(27-44-40(34)29(2)52-6)49-22-20-48(21-23-49)31-14-15-31/h13,16-18,24-25,27-29,31,45H,7-12,14-15,19-23,26H2,1-6H3,(H,46,51). The van der Waals surface area contributed by atoms with E-state index < -0.39 is 0 Å². The monoisotopic (exact) mass is 711 g/mol. The van der Waals surface area contributed by atoms with Crippen molar-refractivity contribution in [2.45, 2.75) is 105 Å². The lowest BCUT2D eigenvalue weighted by Gasteiger charge is -2.36. The molecule has 1 aromatic carbocycles. The number of carbonyl (C=O) groups is 1. The molecule has 10 heteroatoms. The highest BCUT2D eigenvalue weighted by Gasteiger charge is 2.32. The lowest BCUT2D eigenvalue weighted by atomic mass is 9.85. The van der Waals surface area contributed by atoms with Crippen molar-refractivity contribution in [3.8, 4) is 22.5 Å². The molecule has 1 aliphatic carbocycles. The van der Waals surface area contributed by atoms with Crippen molar-refractivity contribution in [3.05, 3.63) is 65.4 Å². The van der Waals surface area contributed by atoms with Gasteiger partial charge < -0.3 is 14.2 Å². The van der Waals surface area contributed by atoms with Gasteiger partial charge in [0, 0.05) is 74.5 Å². The summed E-state index contributed by atoms with van der Waals surface area (Å²) in [5, 5.41) is 1.20. The van der Waals surface area contributed by atoms with Crippen LogP contribution < -0.4 is 15.8 Å². The van der Waals surface area contributed by atoms with Crippen LogP contribution in [0, 0.1) is 11.2 Å². The van der Waals surface area contributed by atoms with E-state index in [1.165, 1.54) is 40.7 Å². The average molecular weight is 712 g/mol. The second-order valence-corrected chi connectivity index (χ2v) is 15.8. The first-order valence-corrected chi connectivity index (χ1v) is 19.4. The van der Waals surface area contributed by atoms with Gasteiger partial charge in [0.25, 0.3) is 0 Å². The fourth-order valence-corrected chi connectivity index (χ4v) is 7.77. The summed E-state index contributed by atoms with van der Waals surface area (Å²) in [6.07, 6.45) is 10.4. The maximum absolute atomic E-state index is 15.0. The summed E-state index contributed by atoms with van der Waals surface area (Å²) >= 11 is 0. The Morgan fingerprint density at radius 1 is 1.04 bits per heavy atom. The minimum absolute atomic E-state index is 0.0250. The van der Waals surface area contributed by atoms with Gasteiger partial charge in [-0.2, -0.15) is 0 Å². The maximum atomic E-state index is 15.0. The fraction of sp³-hybridized carbons (Fsp3) is 0.548. The van der Waals surface area contributed by atoms with Crippen LogP contribution in [0.3, 0.4) is 0 Å². The molecular weight excluding hydrogens is 654 g/mol. The van der Waals surface area contributed by atoms with E-state index in [-0.39, 0.29) is 17.3 Å². The number of benzene rings is 1. The van der Waals surface area contributed by atoms with E-state index in [0.717, 1.165) is 93.4 Å². The zero-order valence-electron chi connectivity index (χ0n) is 32.1. The Balaban J connectivity index is 1.36. The molecule has 9 nitrogen and oxygen atoms in total. The Bertz CT molecular complexity index is 1820. The first-order chi connectivity index (χ1) is 25.1. The van der Waals surface area contributed by atoms with Crippen molar-refractivity contribution in [1.82, 2.24) is 30.3 Å². The summed E-state index contributed by atoms with van der Waals surface area (Å²) in [7, 11) is 1.76. The molecule has 2 fully saturated rings. The van der Waals surface area contributed by atoms with Gasteiger partial charge >= 0.3 is 0 Å². The number of nitrogens with zero attached hydrogens (tertiary/aromatic N) is 5. The number of carbonyl (C=O) groups excluding carboxylic acids is 1. The summed E-state index contributed by atoms with van der Waals surface area (Å²) in [6.45, 7) is 17.0. The second-order valence-electron chi connectivity index (χ2n) is 15.8. The van der Waals surface area contributed by atoms with Crippen LogP contribution in [0.25, 0.3) is 33.4 Å². The smallest absolute Gasteiger partial charge is 0.221 e. The van der Waals surface area contributed by atoms with Crippen LogP contribution in [0.1, 0.15) is 96.2 Å². The number of anilines is 1. The largest absolute Gasteiger partial charge is 0.375 e. The number of hydrogen-bond acceptors (Lipinski definition) is 7. The molecule has 1 amide bonds. The zero-order valence-corrected chi connectivity index (χ0v) is 32.1. The van der Waals surface area contributed by atoms with Gasteiger partial charge in [-0.15, -0.1) is 0 Å². The highest BCUT2D eigenvalue weighted by Crippen LogP contribution is 2.42. The number of pyridine rings is 2. The molecule has 1 atom stereocenters. The number of methoxy groups -OCH3 is 1. The number of halogens is 1. The van der Waals surface area contributed by atoms with Crippen LogP contribution in [0.5, 0.6) is 0 Å². The number of piperazine rings is 1. The van der Waals surface area contributed by atoms with Gasteiger partial charge in [-0.1, -0.05) is 39.7 Å². The van der Waals surface area contributed by atoms with E-state index in [0.29, 0.717) is 25.1 Å². The average Bonchev–Trinajstić information content (AvgIpc) is 3.95. The van der Waals surface area contributed by atoms with Crippen molar-refractivity contribution >= 4 is 23.0 Å². The van der Waals surface area contributed by atoms with Crippen LogP contribution in [-0.2, 0) is 28.9 Å². The maximum Gasteiger partial charge on any atom is 0.221 e. The van der Waals surface area contributed by atoms with Gasteiger partial charge in [0.2, 0.25) is 6.41 Å². The van der Waals surface area contributed by atoms with Crippen LogP contribution in [0.4, 0.5) is 10.1 Å². The molecule has 2 aliphatic rings. The minimum atomic E-state index is -0.254. The number of unbranched alkanes of at least 4 members (excludes halogenated alkanes) is 3. The van der Waals surface area contributed by atoms with Crippen molar-refractivity contribution in [2.75, 3.05) is 44.7 Å². The first kappa shape index (κ1) is 37.9. The zero-order chi connectivity index (χ0) is 36.8. The highest BCUT2D eigenvalue weighted by molar-refractivity contribution is 5.95. The van der Waals surface area contributed by atoms with E-state index in [2.05, 4.69) is 84.1 Å². The number of fused-ring (bicyclic) bond motifs is 1. The van der Waals surface area contributed by atoms with E-state index in [1.54, 1.807) is 13.2 Å². The second kappa shape index (κ2) is 16.9. The molecule has 280 valence electrons. The predicted molar refractivity (Wildman–Crippen MR) is 209 cm³/mol. The lowest BCUT2D eigenvalue weighted by molar-refractivity contribution is -0.110. The molecule has 4 aromatic rings. The molecule has 1 saturated heterocycles. The number of ether oxygens (including phenoxy) is 1. The molecule has 1 aliphatic heterocycles. The summed E-state index contributed by atoms with van der Waals surface area (Å²) in [5.41, 5.74) is 14.6. The van der Waals surface area contributed by atoms with E-state index >= 15 is 4.39 Å². The third-order valence-electron chi connectivity index (χ3n) is 10.7. The van der Waals surface area contributed by atoms with Crippen molar-refractivity contribution < 1.29 is 13.9 Å². The van der Waals surface area contributed by atoms with Gasteiger partial charge in [-0.05, 0) is 93.7 Å². The predicted octanol–water partition coefficient (Wildman–Crippen LogP) is 7.86. The number of hydrazine groups is 1. The molecule has 6 rings (SSSR count). The molecule has 1 saturated carbocycles. The normalized spacial score (nSPS) is 16.1. The Kier molecular flexibility index (Phi) is 12.3. The number of aryl methyl sites for hydroxylation is 2. The van der Waals surface area contributed by atoms with Crippen LogP contribution in [0.15, 0.2) is 42.6 Å². The molecule has 0 bridgehead atoms. The molecule has 1 unspecified atom stereocenters. The van der Waals surface area contributed by atoms with Gasteiger partial charge in [0.15, 0.2) is 0 Å². The third kappa shape index (κ3) is 8.84. The van der Waals surface area contributed by atoms with Crippen LogP contribution >= 0.6 is 0 Å². The molecule has 52 heavy (non-hydrogen) atoms. The van der Waals surface area contributed by atoms with Gasteiger partial charge in [0.05, 0.1) is 40.8 Å². The molecule has 0 radical (unpaired) electrons. The Labute approximate surface area is 309 Å². The van der Waals surface area contributed by atoms with Gasteiger partial charge in [-0.25, -0.2) is 14.8 Å². The molecular formula is C42H58FN7O2. The number of amides is 1. The quantitative estimate of drug-likeness (QED) is 0.0656. The molecule has 3 aromatic heterocycles. The van der Waals surface area contributed by atoms with Crippen molar-refractivity contribution in [2.24, 2.45) is 5.41 Å². The van der Waals surface area contributed by atoms with E-state index in [4.69, 9.17) is 14.7 Å². The molecule has 4 heterocycles. The van der Waals surface area contributed by atoms with E-state index in [1.807, 2.05) is 12.3 Å².